The number of hydrogen-bond acceptors (Lipinski definition) is 4. The van der Waals surface area contributed by atoms with Gasteiger partial charge < -0.3 is 15.1 Å². The van der Waals surface area contributed by atoms with Crippen LogP contribution in [0, 0.1) is 0 Å². The number of hydrogen-bond donors (Lipinski definition) is 1. The Labute approximate surface area is 181 Å². The molecule has 2 heterocycles. The molecule has 30 heavy (non-hydrogen) atoms. The molecule has 0 radical (unpaired) electrons. The van der Waals surface area contributed by atoms with Gasteiger partial charge in [0, 0.05) is 19.1 Å². The molecule has 1 atom stereocenters. The molecule has 1 saturated carbocycles. The molecule has 1 aliphatic heterocycles. The maximum absolute atomic E-state index is 13.5. The quantitative estimate of drug-likeness (QED) is 0.706. The van der Waals surface area contributed by atoms with E-state index in [9.17, 15) is 9.59 Å². The first-order valence-electron chi connectivity index (χ1n) is 11.7. The van der Waals surface area contributed by atoms with E-state index in [0.29, 0.717) is 18.8 Å². The summed E-state index contributed by atoms with van der Waals surface area (Å²) in [4.78, 5) is 31.1. The minimum absolute atomic E-state index is 0.0467. The number of carbonyl (C=O) groups excluding carboxylic acids is 2. The summed E-state index contributed by atoms with van der Waals surface area (Å²) in [5.74, 6) is 0.103. The lowest BCUT2D eigenvalue weighted by molar-refractivity contribution is -0.134. The van der Waals surface area contributed by atoms with Gasteiger partial charge >= 0.3 is 0 Å². The summed E-state index contributed by atoms with van der Waals surface area (Å²) in [7, 11) is 0. The Morgan fingerprint density at radius 1 is 1.27 bits per heavy atom. The van der Waals surface area contributed by atoms with Crippen LogP contribution >= 0.6 is 0 Å². The van der Waals surface area contributed by atoms with Crippen molar-refractivity contribution in [3.63, 3.8) is 0 Å². The Bertz CT molecular complexity index is 749. The molecule has 0 saturated heterocycles. The van der Waals surface area contributed by atoms with Gasteiger partial charge in [-0.15, -0.1) is 0 Å². The van der Waals surface area contributed by atoms with Crippen LogP contribution in [0.3, 0.4) is 0 Å². The van der Waals surface area contributed by atoms with Gasteiger partial charge in [0.05, 0.1) is 12.2 Å². The minimum Gasteiger partial charge on any atom is -0.351 e. The highest BCUT2D eigenvalue weighted by atomic mass is 16.2. The van der Waals surface area contributed by atoms with Crippen LogP contribution in [0.25, 0.3) is 0 Å². The highest BCUT2D eigenvalue weighted by Gasteiger charge is 2.48. The Morgan fingerprint density at radius 2 is 1.93 bits per heavy atom. The minimum atomic E-state index is -0.936. The van der Waals surface area contributed by atoms with Crippen LogP contribution in [0.4, 0.5) is 0 Å². The van der Waals surface area contributed by atoms with Crippen molar-refractivity contribution in [2.24, 2.45) is 0 Å². The van der Waals surface area contributed by atoms with Gasteiger partial charge in [-0.1, -0.05) is 47.0 Å². The average molecular weight is 418 g/mol. The fourth-order valence-electron chi connectivity index (χ4n) is 4.66. The lowest BCUT2D eigenvalue weighted by atomic mass is 9.91. The summed E-state index contributed by atoms with van der Waals surface area (Å²) < 4.78 is 1.76. The summed E-state index contributed by atoms with van der Waals surface area (Å²) >= 11 is 0. The molecular formula is C23H39N5O2. The van der Waals surface area contributed by atoms with Crippen LogP contribution in [0.1, 0.15) is 88.8 Å². The van der Waals surface area contributed by atoms with Crippen molar-refractivity contribution in [1.29, 1.82) is 0 Å². The number of likely N-dealkylation sites (N-methyl/N-ethyl adjacent to an activating group) is 1. The van der Waals surface area contributed by atoms with E-state index in [4.69, 9.17) is 0 Å². The number of carbonyl (C=O) groups is 2. The monoisotopic (exact) mass is 417 g/mol. The fourth-order valence-corrected chi connectivity index (χ4v) is 4.66. The van der Waals surface area contributed by atoms with E-state index >= 15 is 0 Å². The molecule has 2 aliphatic rings. The topological polar surface area (TPSA) is 70.5 Å². The van der Waals surface area contributed by atoms with Gasteiger partial charge in [0.25, 0.3) is 5.91 Å². The predicted molar refractivity (Wildman–Crippen MR) is 119 cm³/mol. The molecule has 168 valence electrons. The first-order valence-corrected chi connectivity index (χ1v) is 11.7. The molecule has 0 spiro atoms. The third kappa shape index (κ3) is 4.56. The normalized spacial score (nSPS) is 22.6. The smallest absolute Gasteiger partial charge is 0.273 e. The maximum Gasteiger partial charge on any atom is 0.273 e. The summed E-state index contributed by atoms with van der Waals surface area (Å²) in [6, 6.07) is 2.11. The van der Waals surface area contributed by atoms with E-state index in [1.165, 1.54) is 6.42 Å². The van der Waals surface area contributed by atoms with Gasteiger partial charge in [0.15, 0.2) is 0 Å². The van der Waals surface area contributed by atoms with E-state index in [1.807, 2.05) is 13.0 Å². The van der Waals surface area contributed by atoms with Crippen molar-refractivity contribution >= 4 is 11.8 Å². The van der Waals surface area contributed by atoms with Crippen molar-refractivity contribution in [2.45, 2.75) is 90.8 Å². The first-order chi connectivity index (χ1) is 14.3. The van der Waals surface area contributed by atoms with Crippen LogP contribution in [0.15, 0.2) is 6.07 Å². The Balaban J connectivity index is 1.88. The van der Waals surface area contributed by atoms with Gasteiger partial charge in [0.2, 0.25) is 5.91 Å². The molecule has 0 aromatic carbocycles. The second-order valence-corrected chi connectivity index (χ2v) is 9.33. The number of nitrogens with one attached hydrogen (secondary N) is 1. The number of nitrogens with zero attached hydrogens (tertiary/aromatic N) is 4. The molecule has 7 nitrogen and oxygen atoms in total. The standard InChI is InChI=1S/C23H39N5O2/c1-6-26(7-2)13-14-27-21(29)20-15-19(17(3)4)25-28(20)16-23(27,5)22(30)24-18-11-9-8-10-12-18/h15,17-18H,6-14,16H2,1-5H3,(H,24,30). The van der Waals surface area contributed by atoms with Crippen LogP contribution in [0.5, 0.6) is 0 Å². The van der Waals surface area contributed by atoms with E-state index in [2.05, 4.69) is 43.0 Å². The van der Waals surface area contributed by atoms with Gasteiger partial charge in [-0.3, -0.25) is 14.3 Å². The second kappa shape index (κ2) is 9.50. The third-order valence-electron chi connectivity index (χ3n) is 6.87. The second-order valence-electron chi connectivity index (χ2n) is 9.33. The van der Waals surface area contributed by atoms with Crippen LogP contribution in [0.2, 0.25) is 0 Å². The number of rotatable bonds is 8. The van der Waals surface area contributed by atoms with E-state index in [0.717, 1.165) is 51.0 Å². The van der Waals surface area contributed by atoms with Gasteiger partial charge in [-0.25, -0.2) is 0 Å². The van der Waals surface area contributed by atoms with Gasteiger partial charge in [-0.2, -0.15) is 5.10 Å². The Hall–Kier alpha value is -1.89. The highest BCUT2D eigenvalue weighted by Crippen LogP contribution is 2.29. The molecular weight excluding hydrogens is 378 g/mol. The fraction of sp³-hybridized carbons (Fsp3) is 0.783. The predicted octanol–water partition coefficient (Wildman–Crippen LogP) is 3.01. The Morgan fingerprint density at radius 3 is 2.53 bits per heavy atom. The molecule has 1 aromatic heterocycles. The SMILES string of the molecule is CCN(CC)CCN1C(=O)c2cc(C(C)C)nn2CC1(C)C(=O)NC1CCCCC1. The van der Waals surface area contributed by atoms with Crippen molar-refractivity contribution in [3.05, 3.63) is 17.5 Å². The molecule has 7 heteroatoms. The molecule has 1 fully saturated rings. The summed E-state index contributed by atoms with van der Waals surface area (Å²) in [6.07, 6.45) is 5.62. The number of amides is 2. The van der Waals surface area contributed by atoms with E-state index in [-0.39, 0.29) is 23.8 Å². The lowest BCUT2D eigenvalue weighted by Gasteiger charge is -2.44. The highest BCUT2D eigenvalue weighted by molar-refractivity contribution is 5.99. The van der Waals surface area contributed by atoms with Crippen molar-refractivity contribution < 1.29 is 9.59 Å². The van der Waals surface area contributed by atoms with Gasteiger partial charge in [-0.05, 0) is 44.8 Å². The molecule has 1 aromatic rings. The van der Waals surface area contributed by atoms with Crippen molar-refractivity contribution in [3.8, 4) is 0 Å². The van der Waals surface area contributed by atoms with Gasteiger partial charge in [0.1, 0.15) is 11.2 Å². The average Bonchev–Trinajstić information content (AvgIpc) is 3.15. The zero-order valence-corrected chi connectivity index (χ0v) is 19.4. The molecule has 3 rings (SSSR count). The summed E-state index contributed by atoms with van der Waals surface area (Å²) in [5.41, 5.74) is 0.565. The van der Waals surface area contributed by atoms with Crippen molar-refractivity contribution in [2.75, 3.05) is 26.2 Å². The first kappa shape index (κ1) is 22.8. The van der Waals surface area contributed by atoms with E-state index < -0.39 is 5.54 Å². The molecule has 2 amide bonds. The lowest BCUT2D eigenvalue weighted by Crippen LogP contribution is -2.66. The zero-order valence-electron chi connectivity index (χ0n) is 19.4. The maximum atomic E-state index is 13.5. The molecule has 1 N–H and O–H groups in total. The zero-order chi connectivity index (χ0) is 21.9. The number of aromatic nitrogens is 2. The van der Waals surface area contributed by atoms with Crippen LogP contribution < -0.4 is 5.32 Å². The largest absolute Gasteiger partial charge is 0.351 e. The summed E-state index contributed by atoms with van der Waals surface area (Å²) in [5, 5.41) is 7.93. The Kier molecular flexibility index (Phi) is 7.22. The summed E-state index contributed by atoms with van der Waals surface area (Å²) in [6.45, 7) is 13.9. The molecule has 1 aliphatic carbocycles. The van der Waals surface area contributed by atoms with Crippen LogP contribution in [-0.2, 0) is 11.3 Å². The molecule has 1 unspecified atom stereocenters. The van der Waals surface area contributed by atoms with Crippen LogP contribution in [-0.4, -0.2) is 69.2 Å². The van der Waals surface area contributed by atoms with E-state index in [1.54, 1.807) is 9.58 Å². The van der Waals surface area contributed by atoms with Crippen molar-refractivity contribution in [1.82, 2.24) is 24.9 Å². The number of fused-ring (bicyclic) bond motifs is 1. The third-order valence-corrected chi connectivity index (χ3v) is 6.87. The molecule has 0 bridgehead atoms.